The number of phenolic OH excluding ortho intramolecular Hbond substituents is 1. The molecule has 0 fully saturated rings. The molecule has 0 aliphatic rings. The second kappa shape index (κ2) is 12.6. The van der Waals surface area contributed by atoms with Crippen molar-refractivity contribution in [3.63, 3.8) is 0 Å². The lowest BCUT2D eigenvalue weighted by Crippen LogP contribution is -2.12. The summed E-state index contributed by atoms with van der Waals surface area (Å²) in [5.41, 5.74) is 4.26. The summed E-state index contributed by atoms with van der Waals surface area (Å²) in [5, 5.41) is 14.0. The van der Waals surface area contributed by atoms with Crippen molar-refractivity contribution in [1.29, 1.82) is 0 Å². The maximum absolute atomic E-state index is 12.3. The second-order valence-corrected chi connectivity index (χ2v) is 8.71. The number of carbonyl (C=O) groups is 1. The van der Waals surface area contributed by atoms with Crippen LogP contribution in [0.25, 0.3) is 10.9 Å². The molecule has 0 aliphatic carbocycles. The number of hydrogen-bond donors (Lipinski definition) is 2. The molecule has 38 heavy (non-hydrogen) atoms. The van der Waals surface area contributed by atoms with Crippen LogP contribution in [0.5, 0.6) is 11.5 Å². The number of nitrogens with zero attached hydrogens (tertiary/aromatic N) is 1. The van der Waals surface area contributed by atoms with Gasteiger partial charge < -0.3 is 15.2 Å². The SMILES string of the molecule is CNCc1ccc(F)cc1.Cc1c(C=O)c(OC(c2ccccc2)c2ccccc2)c2ncccc2c1O. The summed E-state index contributed by atoms with van der Waals surface area (Å²) in [6.07, 6.45) is 1.92. The number of pyridine rings is 1. The van der Waals surface area contributed by atoms with Gasteiger partial charge in [-0.05, 0) is 54.9 Å². The van der Waals surface area contributed by atoms with Crippen LogP contribution in [0.15, 0.2) is 103 Å². The van der Waals surface area contributed by atoms with Gasteiger partial charge in [-0.15, -0.1) is 0 Å². The van der Waals surface area contributed by atoms with Crippen LogP contribution >= 0.6 is 0 Å². The first-order valence-corrected chi connectivity index (χ1v) is 12.2. The number of aldehydes is 1. The van der Waals surface area contributed by atoms with Crippen LogP contribution in [-0.2, 0) is 6.54 Å². The predicted molar refractivity (Wildman–Crippen MR) is 148 cm³/mol. The number of hydrogen-bond acceptors (Lipinski definition) is 5. The number of aromatic hydroxyl groups is 1. The third-order valence-electron chi connectivity index (χ3n) is 6.13. The predicted octanol–water partition coefficient (Wildman–Crippen LogP) is 6.77. The Morgan fingerprint density at radius 2 is 1.53 bits per heavy atom. The highest BCUT2D eigenvalue weighted by atomic mass is 19.1. The average molecular weight is 509 g/mol. The summed E-state index contributed by atoms with van der Waals surface area (Å²) < 4.78 is 18.8. The minimum atomic E-state index is -0.421. The van der Waals surface area contributed by atoms with Gasteiger partial charge in [-0.3, -0.25) is 9.78 Å². The van der Waals surface area contributed by atoms with Crippen molar-refractivity contribution in [1.82, 2.24) is 10.3 Å². The third kappa shape index (κ3) is 6.05. The summed E-state index contributed by atoms with van der Waals surface area (Å²) in [7, 11) is 1.86. The van der Waals surface area contributed by atoms with Gasteiger partial charge in [0.05, 0.1) is 5.56 Å². The van der Waals surface area contributed by atoms with Crippen LogP contribution in [0.2, 0.25) is 0 Å². The average Bonchev–Trinajstić information content (AvgIpc) is 2.97. The molecule has 5 aromatic rings. The second-order valence-electron chi connectivity index (χ2n) is 8.71. The normalized spacial score (nSPS) is 10.6. The maximum atomic E-state index is 12.3. The number of nitrogens with one attached hydrogen (secondary N) is 1. The van der Waals surface area contributed by atoms with Crippen LogP contribution in [0.1, 0.15) is 38.7 Å². The molecule has 192 valence electrons. The summed E-state index contributed by atoms with van der Waals surface area (Å²) in [5.74, 6) is 0.243. The first-order chi connectivity index (χ1) is 18.5. The van der Waals surface area contributed by atoms with E-state index in [1.807, 2.05) is 67.7 Å². The molecule has 0 saturated carbocycles. The Balaban J connectivity index is 0.000000283. The van der Waals surface area contributed by atoms with E-state index in [0.717, 1.165) is 23.2 Å². The summed E-state index contributed by atoms with van der Waals surface area (Å²) in [6.45, 7) is 2.50. The van der Waals surface area contributed by atoms with Crippen LogP contribution in [0.4, 0.5) is 4.39 Å². The van der Waals surface area contributed by atoms with Crippen molar-refractivity contribution >= 4 is 17.2 Å². The fourth-order valence-electron chi connectivity index (χ4n) is 4.17. The van der Waals surface area contributed by atoms with Crippen LogP contribution in [0, 0.1) is 12.7 Å². The minimum absolute atomic E-state index is 0.0496. The van der Waals surface area contributed by atoms with Gasteiger partial charge in [-0.1, -0.05) is 72.8 Å². The van der Waals surface area contributed by atoms with Crippen LogP contribution in [-0.4, -0.2) is 23.4 Å². The van der Waals surface area contributed by atoms with E-state index in [0.29, 0.717) is 34.1 Å². The number of ether oxygens (including phenoxy) is 1. The number of aromatic nitrogens is 1. The molecule has 1 aromatic heterocycles. The summed E-state index contributed by atoms with van der Waals surface area (Å²) >= 11 is 0. The van der Waals surface area contributed by atoms with E-state index in [4.69, 9.17) is 4.74 Å². The molecular formula is C32H29FN2O3. The zero-order valence-electron chi connectivity index (χ0n) is 21.3. The van der Waals surface area contributed by atoms with Gasteiger partial charge in [-0.25, -0.2) is 4.39 Å². The van der Waals surface area contributed by atoms with E-state index in [1.165, 1.54) is 12.1 Å². The number of halogens is 1. The molecule has 0 saturated heterocycles. The molecule has 4 aromatic carbocycles. The Morgan fingerprint density at radius 1 is 0.921 bits per heavy atom. The number of carbonyl (C=O) groups excluding carboxylic acids is 1. The van der Waals surface area contributed by atoms with E-state index in [-0.39, 0.29) is 11.6 Å². The molecule has 0 unspecified atom stereocenters. The maximum Gasteiger partial charge on any atom is 0.158 e. The van der Waals surface area contributed by atoms with Gasteiger partial charge >= 0.3 is 0 Å². The number of benzene rings is 4. The largest absolute Gasteiger partial charge is 0.507 e. The lowest BCUT2D eigenvalue weighted by atomic mass is 9.99. The molecule has 0 atom stereocenters. The molecule has 1 heterocycles. The van der Waals surface area contributed by atoms with Crippen molar-refractivity contribution in [2.75, 3.05) is 7.05 Å². The van der Waals surface area contributed by atoms with E-state index < -0.39 is 6.10 Å². The van der Waals surface area contributed by atoms with Crippen LogP contribution in [0.3, 0.4) is 0 Å². The Kier molecular flexibility index (Phi) is 8.80. The number of rotatable bonds is 7. The molecular weight excluding hydrogens is 479 g/mol. The molecule has 2 N–H and O–H groups in total. The highest BCUT2D eigenvalue weighted by Crippen LogP contribution is 2.40. The molecule has 0 radical (unpaired) electrons. The molecule has 0 spiro atoms. The monoisotopic (exact) mass is 508 g/mol. The first kappa shape index (κ1) is 26.5. The van der Waals surface area contributed by atoms with Crippen molar-refractivity contribution in [2.24, 2.45) is 0 Å². The highest BCUT2D eigenvalue weighted by molar-refractivity contribution is 5.99. The quantitative estimate of drug-likeness (QED) is 0.237. The highest BCUT2D eigenvalue weighted by Gasteiger charge is 2.23. The molecule has 5 rings (SSSR count). The molecule has 0 bridgehead atoms. The summed E-state index contributed by atoms with van der Waals surface area (Å²) in [6, 6.07) is 29.6. The standard InChI is InChI=1S/C24H19NO3.C8H10FN/c1-16-20(15-26)24(21-19(22(16)27)13-8-14-25-21)28-23(17-9-4-2-5-10-17)18-11-6-3-7-12-18;1-10-6-7-2-4-8(9)5-3-7/h2-15,23,27H,1H3;2-5,10H,6H2,1H3. The lowest BCUT2D eigenvalue weighted by Gasteiger charge is -2.23. The number of fused-ring (bicyclic) bond motifs is 1. The molecule has 0 amide bonds. The third-order valence-corrected chi connectivity index (χ3v) is 6.13. The van der Waals surface area contributed by atoms with Gasteiger partial charge in [0, 0.05) is 23.7 Å². The Bertz CT molecular complexity index is 1450. The minimum Gasteiger partial charge on any atom is -0.507 e. The zero-order chi connectivity index (χ0) is 26.9. The molecule has 6 heteroatoms. The van der Waals surface area contributed by atoms with Gasteiger partial charge in [0.2, 0.25) is 0 Å². The van der Waals surface area contributed by atoms with Crippen molar-refractivity contribution in [3.8, 4) is 11.5 Å². The van der Waals surface area contributed by atoms with Gasteiger partial charge in [-0.2, -0.15) is 0 Å². The van der Waals surface area contributed by atoms with Crippen molar-refractivity contribution in [3.05, 3.63) is 137 Å². The molecule has 5 nitrogen and oxygen atoms in total. The lowest BCUT2D eigenvalue weighted by molar-refractivity contribution is 0.111. The zero-order valence-corrected chi connectivity index (χ0v) is 21.3. The van der Waals surface area contributed by atoms with Gasteiger partial charge in [0.1, 0.15) is 23.2 Å². The fraction of sp³-hybridized carbons (Fsp3) is 0.125. The first-order valence-electron chi connectivity index (χ1n) is 12.2. The number of phenols is 1. The van der Waals surface area contributed by atoms with Gasteiger partial charge in [0.15, 0.2) is 12.0 Å². The van der Waals surface area contributed by atoms with Crippen molar-refractivity contribution < 1.29 is 19.0 Å². The molecule has 0 aliphatic heterocycles. The topological polar surface area (TPSA) is 71.5 Å². The van der Waals surface area contributed by atoms with E-state index >= 15 is 0 Å². The van der Waals surface area contributed by atoms with E-state index in [1.54, 1.807) is 37.4 Å². The smallest absolute Gasteiger partial charge is 0.158 e. The van der Waals surface area contributed by atoms with E-state index in [9.17, 15) is 14.3 Å². The Labute approximate surface area is 221 Å². The van der Waals surface area contributed by atoms with Crippen LogP contribution < -0.4 is 10.1 Å². The Hall–Kier alpha value is -4.55. The van der Waals surface area contributed by atoms with E-state index in [2.05, 4.69) is 10.3 Å². The van der Waals surface area contributed by atoms with Gasteiger partial charge in [0.25, 0.3) is 0 Å². The fourth-order valence-corrected chi connectivity index (χ4v) is 4.17. The summed E-state index contributed by atoms with van der Waals surface area (Å²) in [4.78, 5) is 16.3. The van der Waals surface area contributed by atoms with Crippen molar-refractivity contribution in [2.45, 2.75) is 19.6 Å². The Morgan fingerprint density at radius 3 is 2.08 bits per heavy atom.